The van der Waals surface area contributed by atoms with E-state index >= 15 is 0 Å². The number of hydrogen-bond donors (Lipinski definition) is 1. The molecular formula is C13H7BrClF2NO. The maximum Gasteiger partial charge on any atom is 0.257 e. The molecule has 6 heteroatoms. The lowest BCUT2D eigenvalue weighted by Crippen LogP contribution is -2.13. The fraction of sp³-hybridized carbons (Fsp3) is 0. The van der Waals surface area contributed by atoms with Crippen molar-refractivity contribution < 1.29 is 13.6 Å². The van der Waals surface area contributed by atoms with Crippen LogP contribution in [0, 0.1) is 11.6 Å². The molecule has 2 aromatic carbocycles. The predicted octanol–water partition coefficient (Wildman–Crippen LogP) is 4.63. The zero-order chi connectivity index (χ0) is 14.0. The molecule has 0 radical (unpaired) electrons. The van der Waals surface area contributed by atoms with Crippen molar-refractivity contribution in [3.05, 3.63) is 63.1 Å². The molecule has 0 aromatic heterocycles. The first-order valence-corrected chi connectivity index (χ1v) is 6.36. The minimum absolute atomic E-state index is 0.0158. The molecule has 19 heavy (non-hydrogen) atoms. The summed E-state index contributed by atoms with van der Waals surface area (Å²) >= 11 is 8.71. The predicted molar refractivity (Wildman–Crippen MR) is 73.5 cm³/mol. The SMILES string of the molecule is O=C(Nc1ccc(F)c(Br)c1)c1cccc(F)c1Cl. The molecule has 0 saturated heterocycles. The van der Waals surface area contributed by atoms with E-state index in [-0.39, 0.29) is 15.1 Å². The third-order valence-corrected chi connectivity index (χ3v) is 3.37. The Kier molecular flexibility index (Phi) is 4.17. The van der Waals surface area contributed by atoms with E-state index in [9.17, 15) is 13.6 Å². The highest BCUT2D eigenvalue weighted by atomic mass is 79.9. The van der Waals surface area contributed by atoms with Gasteiger partial charge in [0.1, 0.15) is 11.6 Å². The summed E-state index contributed by atoms with van der Waals surface area (Å²) < 4.78 is 26.5. The molecule has 0 atom stereocenters. The highest BCUT2D eigenvalue weighted by molar-refractivity contribution is 9.10. The number of benzene rings is 2. The van der Waals surface area contributed by atoms with E-state index in [4.69, 9.17) is 11.6 Å². The first kappa shape index (κ1) is 14.0. The number of rotatable bonds is 2. The van der Waals surface area contributed by atoms with E-state index in [1.54, 1.807) is 0 Å². The van der Waals surface area contributed by atoms with Crippen LogP contribution in [0.4, 0.5) is 14.5 Å². The number of nitrogens with one attached hydrogen (secondary N) is 1. The van der Waals surface area contributed by atoms with Crippen LogP contribution in [0.5, 0.6) is 0 Å². The molecule has 0 heterocycles. The van der Waals surface area contributed by atoms with Crippen molar-refractivity contribution in [2.75, 3.05) is 5.32 Å². The molecule has 0 bridgehead atoms. The van der Waals surface area contributed by atoms with Gasteiger partial charge >= 0.3 is 0 Å². The van der Waals surface area contributed by atoms with Crippen LogP contribution >= 0.6 is 27.5 Å². The van der Waals surface area contributed by atoms with Crippen LogP contribution in [-0.4, -0.2) is 5.91 Å². The van der Waals surface area contributed by atoms with E-state index in [1.807, 2.05) is 0 Å². The fourth-order valence-electron chi connectivity index (χ4n) is 1.45. The van der Waals surface area contributed by atoms with Crippen LogP contribution in [0.3, 0.4) is 0 Å². The summed E-state index contributed by atoms with van der Waals surface area (Å²) in [4.78, 5) is 11.9. The minimum Gasteiger partial charge on any atom is -0.322 e. The first-order valence-electron chi connectivity index (χ1n) is 5.19. The monoisotopic (exact) mass is 345 g/mol. The number of carbonyl (C=O) groups is 1. The van der Waals surface area contributed by atoms with Crippen LogP contribution in [0.15, 0.2) is 40.9 Å². The third-order valence-electron chi connectivity index (χ3n) is 2.37. The van der Waals surface area contributed by atoms with Crippen LogP contribution in [0.2, 0.25) is 5.02 Å². The second kappa shape index (κ2) is 5.67. The summed E-state index contributed by atoms with van der Waals surface area (Å²) in [6, 6.07) is 7.95. The lowest BCUT2D eigenvalue weighted by molar-refractivity contribution is 0.102. The van der Waals surface area contributed by atoms with Crippen molar-refractivity contribution >= 4 is 39.1 Å². The Labute approximate surface area is 121 Å². The molecule has 0 spiro atoms. The normalized spacial score (nSPS) is 10.3. The van der Waals surface area contributed by atoms with Crippen molar-refractivity contribution in [2.45, 2.75) is 0 Å². The van der Waals surface area contributed by atoms with Crippen molar-refractivity contribution in [1.29, 1.82) is 0 Å². The van der Waals surface area contributed by atoms with E-state index in [1.165, 1.54) is 30.3 Å². The first-order chi connectivity index (χ1) is 8.99. The van der Waals surface area contributed by atoms with Gasteiger partial charge in [-0.1, -0.05) is 17.7 Å². The Balaban J connectivity index is 2.26. The van der Waals surface area contributed by atoms with E-state index in [0.717, 1.165) is 6.07 Å². The van der Waals surface area contributed by atoms with Gasteiger partial charge in [-0.05, 0) is 46.3 Å². The van der Waals surface area contributed by atoms with E-state index in [2.05, 4.69) is 21.2 Å². The molecular weight excluding hydrogens is 340 g/mol. The highest BCUT2D eigenvalue weighted by Crippen LogP contribution is 2.23. The van der Waals surface area contributed by atoms with Gasteiger partial charge in [-0.3, -0.25) is 4.79 Å². The summed E-state index contributed by atoms with van der Waals surface area (Å²) in [6.45, 7) is 0. The summed E-state index contributed by atoms with van der Waals surface area (Å²) in [5, 5.41) is 2.26. The Hall–Kier alpha value is -1.46. The summed E-state index contributed by atoms with van der Waals surface area (Å²) in [5.74, 6) is -1.68. The van der Waals surface area contributed by atoms with Gasteiger partial charge in [-0.15, -0.1) is 0 Å². The van der Waals surface area contributed by atoms with Gasteiger partial charge in [0.25, 0.3) is 5.91 Å². The quantitative estimate of drug-likeness (QED) is 0.844. The molecule has 2 nitrogen and oxygen atoms in total. The van der Waals surface area contributed by atoms with Gasteiger partial charge in [0.2, 0.25) is 0 Å². The Morgan fingerprint density at radius 2 is 1.89 bits per heavy atom. The Morgan fingerprint density at radius 1 is 1.16 bits per heavy atom. The van der Waals surface area contributed by atoms with Crippen LogP contribution < -0.4 is 5.32 Å². The average molecular weight is 347 g/mol. The van der Waals surface area contributed by atoms with Crippen molar-refractivity contribution in [3.8, 4) is 0 Å². The zero-order valence-electron chi connectivity index (χ0n) is 9.38. The van der Waals surface area contributed by atoms with Gasteiger partial charge in [0.05, 0.1) is 15.1 Å². The van der Waals surface area contributed by atoms with Crippen LogP contribution in [0.25, 0.3) is 0 Å². The Morgan fingerprint density at radius 3 is 2.58 bits per heavy atom. The second-order valence-electron chi connectivity index (χ2n) is 3.68. The van der Waals surface area contributed by atoms with Gasteiger partial charge in [-0.25, -0.2) is 8.78 Å². The number of carbonyl (C=O) groups excluding carboxylic acids is 1. The van der Waals surface area contributed by atoms with Gasteiger partial charge < -0.3 is 5.32 Å². The average Bonchev–Trinajstić information content (AvgIpc) is 2.37. The second-order valence-corrected chi connectivity index (χ2v) is 4.92. The molecule has 1 amide bonds. The fourth-order valence-corrected chi connectivity index (χ4v) is 2.04. The molecule has 0 aliphatic heterocycles. The largest absolute Gasteiger partial charge is 0.322 e. The molecule has 0 unspecified atom stereocenters. The molecule has 2 aromatic rings. The zero-order valence-corrected chi connectivity index (χ0v) is 11.7. The van der Waals surface area contributed by atoms with Crippen LogP contribution in [0.1, 0.15) is 10.4 Å². The van der Waals surface area contributed by atoms with Gasteiger partial charge in [0.15, 0.2) is 0 Å². The molecule has 2 rings (SSSR count). The number of amides is 1. The number of anilines is 1. The molecule has 0 saturated carbocycles. The van der Waals surface area contributed by atoms with Crippen molar-refractivity contribution in [2.24, 2.45) is 0 Å². The smallest absolute Gasteiger partial charge is 0.257 e. The highest BCUT2D eigenvalue weighted by Gasteiger charge is 2.14. The Bertz CT molecular complexity index is 649. The summed E-state index contributed by atoms with van der Waals surface area (Å²) in [7, 11) is 0. The maximum atomic E-state index is 13.2. The van der Waals surface area contributed by atoms with Crippen molar-refractivity contribution in [3.63, 3.8) is 0 Å². The maximum absolute atomic E-state index is 13.2. The minimum atomic E-state index is -0.672. The summed E-state index contributed by atoms with van der Waals surface area (Å²) in [5.41, 5.74) is 0.390. The number of hydrogen-bond acceptors (Lipinski definition) is 1. The van der Waals surface area contributed by atoms with Gasteiger partial charge in [0, 0.05) is 5.69 Å². The molecule has 0 aliphatic rings. The van der Waals surface area contributed by atoms with Gasteiger partial charge in [-0.2, -0.15) is 0 Å². The lowest BCUT2D eigenvalue weighted by atomic mass is 10.2. The third kappa shape index (κ3) is 3.11. The van der Waals surface area contributed by atoms with E-state index in [0.29, 0.717) is 5.69 Å². The van der Waals surface area contributed by atoms with E-state index < -0.39 is 17.5 Å². The molecule has 0 fully saturated rings. The molecule has 1 N–H and O–H groups in total. The lowest BCUT2D eigenvalue weighted by Gasteiger charge is -2.07. The van der Waals surface area contributed by atoms with Crippen molar-refractivity contribution in [1.82, 2.24) is 0 Å². The number of halogens is 4. The topological polar surface area (TPSA) is 29.1 Å². The molecule has 0 aliphatic carbocycles. The standard InChI is InChI=1S/C13H7BrClF2NO/c14-9-6-7(4-5-10(9)16)18-13(19)8-2-1-3-11(17)12(8)15/h1-6H,(H,18,19). The molecule has 98 valence electrons. The van der Waals surface area contributed by atoms with Crippen LogP contribution in [-0.2, 0) is 0 Å². The summed E-state index contributed by atoms with van der Waals surface area (Å²) in [6.07, 6.45) is 0.